The molecule has 0 radical (unpaired) electrons. The maximum atomic E-state index is 12.9. The zero-order valence-corrected chi connectivity index (χ0v) is 16.0. The monoisotopic (exact) mass is 389 g/mol. The molecule has 2 aliphatic heterocycles. The third-order valence-corrected chi connectivity index (χ3v) is 6.65. The van der Waals surface area contributed by atoms with Crippen molar-refractivity contribution in [2.24, 2.45) is 5.92 Å². The van der Waals surface area contributed by atoms with E-state index >= 15 is 0 Å². The van der Waals surface area contributed by atoms with Crippen LogP contribution in [0.1, 0.15) is 31.4 Å². The van der Waals surface area contributed by atoms with Gasteiger partial charge >= 0.3 is 0 Å². The number of nitrogens with one attached hydrogen (secondary N) is 1. The largest absolute Gasteiger partial charge is 0.340 e. The SMILES string of the molecule is CCCS(=O)(=O)Nc1ccc2n(c1=O)C[C@@H]1C[C@@H]2CN(c2ncccn2)C1. The molecule has 8 nitrogen and oxygen atoms in total. The molecular weight excluding hydrogens is 366 g/mol. The van der Waals surface area contributed by atoms with Crippen molar-refractivity contribution in [3.05, 3.63) is 46.6 Å². The normalized spacial score (nSPS) is 21.6. The fraction of sp³-hybridized carbons (Fsp3) is 0.500. The molecule has 27 heavy (non-hydrogen) atoms. The van der Waals surface area contributed by atoms with E-state index < -0.39 is 10.0 Å². The van der Waals surface area contributed by atoms with Crippen molar-refractivity contribution < 1.29 is 8.42 Å². The van der Waals surface area contributed by atoms with Gasteiger partial charge in [-0.15, -0.1) is 0 Å². The Balaban J connectivity index is 1.63. The van der Waals surface area contributed by atoms with Gasteiger partial charge in [0, 0.05) is 43.6 Å². The van der Waals surface area contributed by atoms with Crippen LogP contribution in [-0.2, 0) is 16.6 Å². The van der Waals surface area contributed by atoms with Gasteiger partial charge in [-0.2, -0.15) is 0 Å². The van der Waals surface area contributed by atoms with Crippen LogP contribution in [0.4, 0.5) is 11.6 Å². The van der Waals surface area contributed by atoms with Crippen LogP contribution in [0.2, 0.25) is 0 Å². The fourth-order valence-corrected chi connectivity index (χ4v) is 5.26. The van der Waals surface area contributed by atoms with E-state index in [4.69, 9.17) is 0 Å². The van der Waals surface area contributed by atoms with E-state index in [0.717, 1.165) is 25.2 Å². The van der Waals surface area contributed by atoms with E-state index in [-0.39, 0.29) is 22.9 Å². The summed E-state index contributed by atoms with van der Waals surface area (Å²) in [5, 5.41) is 0. The van der Waals surface area contributed by atoms with Crippen LogP contribution in [0, 0.1) is 5.92 Å². The second-order valence-corrected chi connectivity index (χ2v) is 9.10. The minimum atomic E-state index is -3.49. The molecule has 2 aromatic heterocycles. The van der Waals surface area contributed by atoms with Gasteiger partial charge in [-0.3, -0.25) is 9.52 Å². The summed E-state index contributed by atoms with van der Waals surface area (Å²) in [6.45, 7) is 3.92. The Hall–Kier alpha value is -2.42. The van der Waals surface area contributed by atoms with Crippen LogP contribution in [0.15, 0.2) is 35.4 Å². The highest BCUT2D eigenvalue weighted by Crippen LogP contribution is 2.36. The molecule has 0 aliphatic carbocycles. The Kier molecular flexibility index (Phi) is 4.63. The Bertz CT molecular complexity index is 990. The third-order valence-electron chi connectivity index (χ3n) is 5.18. The maximum absolute atomic E-state index is 12.9. The van der Waals surface area contributed by atoms with Crippen molar-refractivity contribution in [3.63, 3.8) is 0 Å². The fourth-order valence-electron chi connectivity index (χ4n) is 4.13. The van der Waals surface area contributed by atoms with E-state index in [2.05, 4.69) is 19.6 Å². The molecule has 0 unspecified atom stereocenters. The average Bonchev–Trinajstić information content (AvgIpc) is 2.65. The number of fused-ring (bicyclic) bond motifs is 4. The first-order valence-electron chi connectivity index (χ1n) is 9.23. The van der Waals surface area contributed by atoms with Gasteiger partial charge in [-0.05, 0) is 37.0 Å². The Labute approximate surface area is 158 Å². The number of hydrogen-bond acceptors (Lipinski definition) is 6. The summed E-state index contributed by atoms with van der Waals surface area (Å²) in [6, 6.07) is 5.27. The molecule has 144 valence electrons. The molecule has 0 saturated carbocycles. The molecule has 2 bridgehead atoms. The van der Waals surface area contributed by atoms with Crippen molar-refractivity contribution in [3.8, 4) is 0 Å². The second-order valence-electron chi connectivity index (χ2n) is 7.26. The smallest absolute Gasteiger partial charge is 0.275 e. The van der Waals surface area contributed by atoms with E-state index in [0.29, 0.717) is 24.8 Å². The summed E-state index contributed by atoms with van der Waals surface area (Å²) in [4.78, 5) is 23.7. The molecule has 0 amide bonds. The highest BCUT2D eigenvalue weighted by atomic mass is 32.2. The minimum absolute atomic E-state index is 0.00543. The number of pyridine rings is 1. The standard InChI is InChI=1S/C18H23N5O3S/c1-2-8-27(25,26)21-15-4-5-16-14-9-13(11-23(16)17(15)24)10-22(12-14)18-19-6-3-7-20-18/h3-7,13-14,21H,2,8-12H2,1H3/t13-,14-/m1/s1. The lowest BCUT2D eigenvalue weighted by Gasteiger charge is -2.42. The first-order chi connectivity index (χ1) is 13.0. The maximum Gasteiger partial charge on any atom is 0.275 e. The molecule has 2 aromatic rings. The number of sulfonamides is 1. The molecule has 1 saturated heterocycles. The van der Waals surface area contributed by atoms with E-state index in [1.165, 1.54) is 0 Å². The molecule has 0 aromatic carbocycles. The molecule has 0 spiro atoms. The third kappa shape index (κ3) is 3.55. The lowest BCUT2D eigenvalue weighted by Crippen LogP contribution is -2.48. The quantitative estimate of drug-likeness (QED) is 0.831. The van der Waals surface area contributed by atoms with Crippen molar-refractivity contribution in [2.75, 3.05) is 28.5 Å². The van der Waals surface area contributed by atoms with E-state index in [1.54, 1.807) is 36.0 Å². The van der Waals surface area contributed by atoms with E-state index in [9.17, 15) is 13.2 Å². The van der Waals surface area contributed by atoms with Crippen LogP contribution in [0.25, 0.3) is 0 Å². The minimum Gasteiger partial charge on any atom is -0.340 e. The molecule has 4 rings (SSSR count). The van der Waals surface area contributed by atoms with Crippen LogP contribution in [0.5, 0.6) is 0 Å². The van der Waals surface area contributed by atoms with E-state index in [1.807, 2.05) is 6.07 Å². The number of nitrogens with zero attached hydrogens (tertiary/aromatic N) is 4. The van der Waals surface area contributed by atoms with Gasteiger partial charge in [0.2, 0.25) is 16.0 Å². The van der Waals surface area contributed by atoms with Crippen LogP contribution in [-0.4, -0.2) is 41.8 Å². The summed E-state index contributed by atoms with van der Waals surface area (Å²) in [5.74, 6) is 1.23. The number of piperidine rings is 1. The topological polar surface area (TPSA) is 97.2 Å². The zero-order valence-electron chi connectivity index (χ0n) is 15.2. The van der Waals surface area contributed by atoms with Gasteiger partial charge in [0.15, 0.2) is 0 Å². The number of anilines is 2. The molecule has 1 N–H and O–H groups in total. The summed E-state index contributed by atoms with van der Waals surface area (Å²) < 4.78 is 28.3. The molecule has 4 heterocycles. The Morgan fingerprint density at radius 1 is 1.19 bits per heavy atom. The van der Waals surface area contributed by atoms with Crippen molar-refractivity contribution in [1.29, 1.82) is 0 Å². The summed E-state index contributed by atoms with van der Waals surface area (Å²) in [5.41, 5.74) is 0.831. The molecular formula is C18H23N5O3S. The van der Waals surface area contributed by atoms with Crippen LogP contribution >= 0.6 is 0 Å². The summed E-state index contributed by atoms with van der Waals surface area (Å²) in [7, 11) is -3.49. The predicted molar refractivity (Wildman–Crippen MR) is 103 cm³/mol. The lowest BCUT2D eigenvalue weighted by atomic mass is 9.83. The van der Waals surface area contributed by atoms with Crippen molar-refractivity contribution in [2.45, 2.75) is 32.2 Å². The Morgan fingerprint density at radius 3 is 2.70 bits per heavy atom. The highest BCUT2D eigenvalue weighted by molar-refractivity contribution is 7.92. The van der Waals surface area contributed by atoms with Gasteiger partial charge in [0.1, 0.15) is 5.69 Å². The molecule has 1 fully saturated rings. The predicted octanol–water partition coefficient (Wildman–Crippen LogP) is 1.41. The van der Waals surface area contributed by atoms with Gasteiger partial charge in [-0.25, -0.2) is 18.4 Å². The summed E-state index contributed by atoms with van der Waals surface area (Å²) >= 11 is 0. The first kappa shape index (κ1) is 18.0. The van der Waals surface area contributed by atoms with Crippen molar-refractivity contribution >= 4 is 21.7 Å². The van der Waals surface area contributed by atoms with Crippen molar-refractivity contribution in [1.82, 2.24) is 14.5 Å². The van der Waals surface area contributed by atoms with Crippen LogP contribution in [0.3, 0.4) is 0 Å². The molecule has 2 atom stereocenters. The number of aromatic nitrogens is 3. The van der Waals surface area contributed by atoms with Gasteiger partial charge in [-0.1, -0.05) is 6.92 Å². The molecule has 9 heteroatoms. The molecule has 2 aliphatic rings. The lowest BCUT2D eigenvalue weighted by molar-refractivity contribution is 0.280. The Morgan fingerprint density at radius 2 is 1.96 bits per heavy atom. The first-order valence-corrected chi connectivity index (χ1v) is 10.9. The zero-order chi connectivity index (χ0) is 19.0. The number of hydrogen-bond donors (Lipinski definition) is 1. The summed E-state index contributed by atoms with van der Waals surface area (Å²) in [6.07, 6.45) is 4.99. The number of rotatable bonds is 5. The van der Waals surface area contributed by atoms with Gasteiger partial charge in [0.05, 0.1) is 5.75 Å². The van der Waals surface area contributed by atoms with Gasteiger partial charge < -0.3 is 9.47 Å². The average molecular weight is 389 g/mol. The van der Waals surface area contributed by atoms with Crippen LogP contribution < -0.4 is 15.2 Å². The van der Waals surface area contributed by atoms with Gasteiger partial charge in [0.25, 0.3) is 5.56 Å². The highest BCUT2D eigenvalue weighted by Gasteiger charge is 2.36. The second kappa shape index (κ2) is 6.95.